The van der Waals surface area contributed by atoms with E-state index in [1.165, 1.54) is 0 Å². The number of H-pyrrole nitrogens is 1. The Morgan fingerprint density at radius 2 is 2.18 bits per heavy atom. The van der Waals surface area contributed by atoms with Crippen LogP contribution in [0.3, 0.4) is 0 Å². The zero-order valence-corrected chi connectivity index (χ0v) is 12.3. The average Bonchev–Trinajstić information content (AvgIpc) is 2.82. The second kappa shape index (κ2) is 7.02. The molecule has 2 rings (SSSR count). The molecule has 0 saturated heterocycles. The lowest BCUT2D eigenvalue weighted by molar-refractivity contribution is -0.123. The lowest BCUT2D eigenvalue weighted by Crippen LogP contribution is -2.37. The van der Waals surface area contributed by atoms with Gasteiger partial charge in [0.2, 0.25) is 0 Å². The van der Waals surface area contributed by atoms with E-state index in [-0.39, 0.29) is 24.3 Å². The van der Waals surface area contributed by atoms with E-state index in [1.807, 2.05) is 19.9 Å². The summed E-state index contributed by atoms with van der Waals surface area (Å²) >= 11 is 0. The number of aryl methyl sites for hydroxylation is 1. The molecule has 1 atom stereocenters. The van der Waals surface area contributed by atoms with Gasteiger partial charge >= 0.3 is 0 Å². The molecule has 0 unspecified atom stereocenters. The van der Waals surface area contributed by atoms with Crippen LogP contribution >= 0.6 is 0 Å². The molecule has 0 aliphatic carbocycles. The highest BCUT2D eigenvalue weighted by molar-refractivity contribution is 5.77. The number of hydrogen-bond acceptors (Lipinski definition) is 3. The number of nitrogens with zero attached hydrogens (tertiary/aromatic N) is 1. The maximum atomic E-state index is 13.3. The van der Waals surface area contributed by atoms with Crippen molar-refractivity contribution in [2.75, 3.05) is 6.61 Å². The molecule has 1 aromatic carbocycles. The van der Waals surface area contributed by atoms with E-state index in [9.17, 15) is 13.6 Å². The Bertz CT molecular complexity index is 658. The van der Waals surface area contributed by atoms with Crippen LogP contribution in [-0.2, 0) is 11.2 Å². The molecule has 0 aliphatic rings. The van der Waals surface area contributed by atoms with Crippen LogP contribution in [0.15, 0.2) is 24.3 Å². The summed E-state index contributed by atoms with van der Waals surface area (Å²) in [5, 5.41) is 9.63. The van der Waals surface area contributed by atoms with Crippen LogP contribution in [0.1, 0.15) is 18.3 Å². The highest BCUT2D eigenvalue weighted by atomic mass is 19.1. The number of rotatable bonds is 6. The molecular formula is C15H17F2N3O2. The van der Waals surface area contributed by atoms with Crippen molar-refractivity contribution in [3.05, 3.63) is 47.3 Å². The van der Waals surface area contributed by atoms with E-state index in [2.05, 4.69) is 15.5 Å². The fraction of sp³-hybridized carbons (Fsp3) is 0.333. The van der Waals surface area contributed by atoms with Gasteiger partial charge in [0.15, 0.2) is 18.2 Å². The van der Waals surface area contributed by atoms with Crippen molar-refractivity contribution < 1.29 is 18.3 Å². The Morgan fingerprint density at radius 3 is 2.82 bits per heavy atom. The summed E-state index contributed by atoms with van der Waals surface area (Å²) in [7, 11) is 0. The number of aromatic amines is 1. The zero-order valence-electron chi connectivity index (χ0n) is 12.3. The number of halogens is 2. The molecule has 1 aromatic heterocycles. The fourth-order valence-electron chi connectivity index (χ4n) is 2.00. The lowest BCUT2D eigenvalue weighted by atomic mass is 10.2. The molecule has 1 heterocycles. The number of aromatic nitrogens is 2. The molecule has 2 N–H and O–H groups in total. The van der Waals surface area contributed by atoms with Gasteiger partial charge in [-0.1, -0.05) is 0 Å². The van der Waals surface area contributed by atoms with Crippen LogP contribution in [0.25, 0.3) is 0 Å². The van der Waals surface area contributed by atoms with Gasteiger partial charge in [-0.25, -0.2) is 8.78 Å². The van der Waals surface area contributed by atoms with Crippen LogP contribution in [0.4, 0.5) is 8.78 Å². The van der Waals surface area contributed by atoms with Gasteiger partial charge < -0.3 is 10.1 Å². The number of ether oxygens (including phenoxy) is 1. The predicted molar refractivity (Wildman–Crippen MR) is 76.5 cm³/mol. The Hall–Kier alpha value is -2.44. The number of carbonyl (C=O) groups is 1. The van der Waals surface area contributed by atoms with Crippen molar-refractivity contribution in [2.24, 2.45) is 0 Å². The average molecular weight is 309 g/mol. The third kappa shape index (κ3) is 4.54. The third-order valence-corrected chi connectivity index (χ3v) is 2.93. The van der Waals surface area contributed by atoms with E-state index in [4.69, 9.17) is 4.74 Å². The first-order valence-corrected chi connectivity index (χ1v) is 6.82. The second-order valence-corrected chi connectivity index (χ2v) is 5.08. The monoisotopic (exact) mass is 309 g/mol. The molecule has 118 valence electrons. The number of hydrogen-bond donors (Lipinski definition) is 2. The minimum Gasteiger partial charge on any atom is -0.481 e. The van der Waals surface area contributed by atoms with Crippen molar-refractivity contribution in [1.82, 2.24) is 15.5 Å². The summed E-state index contributed by atoms with van der Waals surface area (Å²) in [6, 6.07) is 4.67. The van der Waals surface area contributed by atoms with Crippen LogP contribution in [0.2, 0.25) is 0 Å². The van der Waals surface area contributed by atoms with Crippen LogP contribution in [0.5, 0.6) is 5.75 Å². The molecule has 2 aromatic rings. The number of benzene rings is 1. The van der Waals surface area contributed by atoms with E-state index in [0.29, 0.717) is 12.5 Å². The topological polar surface area (TPSA) is 67.0 Å². The SMILES string of the molecule is Cc1cc(C[C@@H](C)NC(=O)COc2ccc(F)cc2F)n[nH]1. The van der Waals surface area contributed by atoms with E-state index in [1.54, 1.807) is 0 Å². The molecule has 7 heteroatoms. The number of amides is 1. The summed E-state index contributed by atoms with van der Waals surface area (Å²) in [4.78, 5) is 11.7. The van der Waals surface area contributed by atoms with Crippen LogP contribution in [-0.4, -0.2) is 28.8 Å². The summed E-state index contributed by atoms with van der Waals surface area (Å²) in [6.07, 6.45) is 0.570. The normalized spacial score (nSPS) is 12.0. The molecule has 0 fully saturated rings. The number of nitrogens with one attached hydrogen (secondary N) is 2. The highest BCUT2D eigenvalue weighted by Gasteiger charge is 2.12. The first-order valence-electron chi connectivity index (χ1n) is 6.82. The Kier molecular flexibility index (Phi) is 5.08. The summed E-state index contributed by atoms with van der Waals surface area (Å²) < 4.78 is 31.1. The van der Waals surface area contributed by atoms with E-state index >= 15 is 0 Å². The standard InChI is InChI=1S/C15H17F2N3O2/c1-9(5-12-6-10(2)19-20-12)18-15(21)8-22-14-4-3-11(16)7-13(14)17/h3-4,6-7,9H,5,8H2,1-2H3,(H,18,21)(H,19,20)/t9-/m1/s1. The molecule has 0 spiro atoms. The fourth-order valence-corrected chi connectivity index (χ4v) is 2.00. The van der Waals surface area contributed by atoms with Gasteiger partial charge in [0, 0.05) is 24.2 Å². The van der Waals surface area contributed by atoms with Gasteiger partial charge in [0.25, 0.3) is 5.91 Å². The number of carbonyl (C=O) groups excluding carboxylic acids is 1. The predicted octanol–water partition coefficient (Wildman–Crippen LogP) is 2.12. The van der Waals surface area contributed by atoms with Crippen molar-refractivity contribution in [3.63, 3.8) is 0 Å². The first kappa shape index (κ1) is 15.9. The van der Waals surface area contributed by atoms with Crippen LogP contribution in [0, 0.1) is 18.6 Å². The molecule has 22 heavy (non-hydrogen) atoms. The largest absolute Gasteiger partial charge is 0.481 e. The third-order valence-electron chi connectivity index (χ3n) is 2.93. The maximum absolute atomic E-state index is 13.3. The molecule has 5 nitrogen and oxygen atoms in total. The van der Waals surface area contributed by atoms with Crippen molar-refractivity contribution in [2.45, 2.75) is 26.3 Å². The van der Waals surface area contributed by atoms with E-state index < -0.39 is 11.6 Å². The summed E-state index contributed by atoms with van der Waals surface area (Å²) in [6.45, 7) is 3.39. The van der Waals surface area contributed by atoms with Crippen molar-refractivity contribution >= 4 is 5.91 Å². The minimum absolute atomic E-state index is 0.142. The Labute approximate surface area is 126 Å². The van der Waals surface area contributed by atoms with Gasteiger partial charge in [-0.15, -0.1) is 0 Å². The quantitative estimate of drug-likeness (QED) is 0.859. The molecule has 0 saturated carbocycles. The Balaban J connectivity index is 1.79. The van der Waals surface area contributed by atoms with Gasteiger partial charge in [-0.05, 0) is 32.0 Å². The molecule has 0 radical (unpaired) electrons. The maximum Gasteiger partial charge on any atom is 0.258 e. The molecule has 0 aliphatic heterocycles. The molecular weight excluding hydrogens is 292 g/mol. The Morgan fingerprint density at radius 1 is 1.41 bits per heavy atom. The van der Waals surface area contributed by atoms with Crippen molar-refractivity contribution in [3.8, 4) is 5.75 Å². The van der Waals surface area contributed by atoms with Gasteiger partial charge in [-0.2, -0.15) is 5.10 Å². The lowest BCUT2D eigenvalue weighted by Gasteiger charge is -2.13. The van der Waals surface area contributed by atoms with Crippen molar-refractivity contribution in [1.29, 1.82) is 0 Å². The van der Waals surface area contributed by atoms with Crippen LogP contribution < -0.4 is 10.1 Å². The smallest absolute Gasteiger partial charge is 0.258 e. The first-order chi connectivity index (χ1) is 10.4. The zero-order chi connectivity index (χ0) is 16.1. The van der Waals surface area contributed by atoms with Gasteiger partial charge in [-0.3, -0.25) is 9.89 Å². The van der Waals surface area contributed by atoms with Gasteiger partial charge in [0.1, 0.15) is 5.82 Å². The van der Waals surface area contributed by atoms with Gasteiger partial charge in [0.05, 0.1) is 5.69 Å². The molecule has 0 bridgehead atoms. The highest BCUT2D eigenvalue weighted by Crippen LogP contribution is 2.17. The molecule has 1 amide bonds. The minimum atomic E-state index is -0.840. The second-order valence-electron chi connectivity index (χ2n) is 5.08. The summed E-state index contributed by atoms with van der Waals surface area (Å²) in [5.74, 6) is -2.08. The van der Waals surface area contributed by atoms with E-state index in [0.717, 1.165) is 23.5 Å². The summed E-state index contributed by atoms with van der Waals surface area (Å²) in [5.41, 5.74) is 1.79.